The normalized spacial score (nSPS) is 18.2. The second kappa shape index (κ2) is 21.4. The summed E-state index contributed by atoms with van der Waals surface area (Å²) in [5.41, 5.74) is 6.83. The van der Waals surface area contributed by atoms with Gasteiger partial charge in [-0.1, -0.05) is 157 Å². The SMILES string of the molecule is CCCCCCCCN(CCCCCCCC)C[C@H]1C[C@@H](c2ccc(CO)cc2)O[C@@H](c2ccc(-c3cccc(CN4C(=O)c5ccccc5C4=O)c3)cc2)O1. The van der Waals surface area contributed by atoms with Gasteiger partial charge in [-0.05, 0) is 71.9 Å². The average molecular weight is 759 g/mol. The molecule has 298 valence electrons. The molecule has 0 saturated carbocycles. The van der Waals surface area contributed by atoms with Gasteiger partial charge in [-0.25, -0.2) is 0 Å². The lowest BCUT2D eigenvalue weighted by Gasteiger charge is -2.38. The Morgan fingerprint density at radius 1 is 0.625 bits per heavy atom. The van der Waals surface area contributed by atoms with Gasteiger partial charge in [0.05, 0.1) is 36.5 Å². The number of nitrogens with zero attached hydrogens (tertiary/aromatic N) is 2. The van der Waals surface area contributed by atoms with Crippen LogP contribution in [0.15, 0.2) is 97.1 Å². The van der Waals surface area contributed by atoms with Crippen LogP contribution in [0.4, 0.5) is 0 Å². The number of aliphatic hydroxyl groups is 1. The lowest BCUT2D eigenvalue weighted by atomic mass is 9.98. The van der Waals surface area contributed by atoms with E-state index in [-0.39, 0.29) is 37.2 Å². The lowest BCUT2D eigenvalue weighted by Crippen LogP contribution is -2.40. The zero-order chi connectivity index (χ0) is 39.1. The maximum atomic E-state index is 13.0. The summed E-state index contributed by atoms with van der Waals surface area (Å²) in [5.74, 6) is -0.497. The Kier molecular flexibility index (Phi) is 15.9. The quantitative estimate of drug-likeness (QED) is 0.0635. The van der Waals surface area contributed by atoms with Crippen LogP contribution >= 0.6 is 0 Å². The number of aliphatic hydroxyl groups excluding tert-OH is 1. The highest BCUT2D eigenvalue weighted by molar-refractivity contribution is 6.21. The summed E-state index contributed by atoms with van der Waals surface area (Å²) in [7, 11) is 0. The van der Waals surface area contributed by atoms with Gasteiger partial charge in [0.1, 0.15) is 0 Å². The van der Waals surface area contributed by atoms with E-state index in [1.165, 1.54) is 81.9 Å². The smallest absolute Gasteiger partial charge is 0.261 e. The molecule has 56 heavy (non-hydrogen) atoms. The summed E-state index contributed by atoms with van der Waals surface area (Å²) in [6.45, 7) is 7.87. The van der Waals surface area contributed by atoms with E-state index in [0.29, 0.717) is 11.1 Å². The van der Waals surface area contributed by atoms with Crippen molar-refractivity contribution in [1.29, 1.82) is 0 Å². The van der Waals surface area contributed by atoms with Gasteiger partial charge in [0.2, 0.25) is 0 Å². The van der Waals surface area contributed by atoms with Gasteiger partial charge in [0.25, 0.3) is 11.8 Å². The second-order valence-electron chi connectivity index (χ2n) is 15.8. The molecule has 3 atom stereocenters. The number of carbonyl (C=O) groups is 2. The first-order valence-corrected chi connectivity index (χ1v) is 21.3. The first-order chi connectivity index (χ1) is 27.5. The average Bonchev–Trinajstić information content (AvgIpc) is 3.47. The Morgan fingerprint density at radius 2 is 1.21 bits per heavy atom. The van der Waals surface area contributed by atoms with E-state index in [0.717, 1.165) is 59.4 Å². The number of amides is 2. The summed E-state index contributed by atoms with van der Waals surface area (Å²) in [6.07, 6.45) is 15.6. The molecular weight excluding hydrogens is 697 g/mol. The van der Waals surface area contributed by atoms with Crippen LogP contribution in [0.1, 0.15) is 153 Å². The van der Waals surface area contributed by atoms with Crippen LogP contribution in [0.5, 0.6) is 0 Å². The van der Waals surface area contributed by atoms with E-state index in [1.807, 2.05) is 24.3 Å². The fourth-order valence-electron chi connectivity index (χ4n) is 8.09. The summed E-state index contributed by atoms with van der Waals surface area (Å²) in [5, 5.41) is 9.69. The molecule has 2 aliphatic rings. The molecule has 0 spiro atoms. The topological polar surface area (TPSA) is 79.3 Å². The number of hydrogen-bond donors (Lipinski definition) is 1. The number of benzene rings is 4. The Labute approximate surface area is 335 Å². The highest BCUT2D eigenvalue weighted by Gasteiger charge is 2.35. The maximum absolute atomic E-state index is 13.0. The van der Waals surface area contributed by atoms with Crippen LogP contribution in [-0.4, -0.2) is 52.5 Å². The largest absolute Gasteiger partial charge is 0.392 e. The highest BCUT2D eigenvalue weighted by atomic mass is 16.7. The highest BCUT2D eigenvalue weighted by Crippen LogP contribution is 2.39. The molecule has 1 N–H and O–H groups in total. The second-order valence-corrected chi connectivity index (χ2v) is 15.8. The standard InChI is InChI=1S/C49H62N2O5/c1-3-5-7-9-11-15-30-50(31-16-12-10-8-6-4-2)35-43-33-46(40-24-22-37(36-52)23-25-40)56-49(55-43)41-28-26-39(27-29-41)42-19-17-18-38(32-42)34-51-47(53)44-20-13-14-21-45(44)48(51)54/h13-14,17-29,32,43,46,49,52H,3-12,15-16,30-31,33-36H2,1-2H3/t43-,46+,49+/m1/s1. The number of ether oxygens (including phenoxy) is 2. The summed E-state index contributed by atoms with van der Waals surface area (Å²) < 4.78 is 13.6. The molecule has 4 aromatic carbocycles. The summed E-state index contributed by atoms with van der Waals surface area (Å²) in [4.78, 5) is 30.0. The monoisotopic (exact) mass is 758 g/mol. The van der Waals surface area contributed by atoms with Crippen molar-refractivity contribution in [3.8, 4) is 11.1 Å². The molecule has 2 aliphatic heterocycles. The van der Waals surface area contributed by atoms with Crippen molar-refractivity contribution in [2.24, 2.45) is 0 Å². The first-order valence-electron chi connectivity index (χ1n) is 21.3. The minimum atomic E-state index is -0.518. The molecule has 0 radical (unpaired) electrons. The van der Waals surface area contributed by atoms with E-state index >= 15 is 0 Å². The summed E-state index contributed by atoms with van der Waals surface area (Å²) in [6, 6.07) is 31.6. The molecule has 6 rings (SSSR count). The number of rotatable bonds is 22. The first kappa shape index (κ1) is 41.5. The molecule has 0 aromatic heterocycles. The Hall–Kier alpha value is -4.14. The molecule has 0 unspecified atom stereocenters. The fraction of sp³-hybridized carbons (Fsp3) is 0.469. The van der Waals surface area contributed by atoms with Crippen LogP contribution in [0.2, 0.25) is 0 Å². The molecule has 0 bridgehead atoms. The van der Waals surface area contributed by atoms with E-state index in [9.17, 15) is 14.7 Å². The Morgan fingerprint density at radius 3 is 1.82 bits per heavy atom. The van der Waals surface area contributed by atoms with Crippen LogP contribution < -0.4 is 0 Å². The minimum Gasteiger partial charge on any atom is -0.392 e. The predicted molar refractivity (Wildman–Crippen MR) is 224 cm³/mol. The van der Waals surface area contributed by atoms with E-state index in [4.69, 9.17) is 9.47 Å². The number of unbranched alkanes of at least 4 members (excludes halogenated alkanes) is 10. The van der Waals surface area contributed by atoms with Crippen molar-refractivity contribution in [1.82, 2.24) is 9.80 Å². The van der Waals surface area contributed by atoms with Crippen molar-refractivity contribution >= 4 is 11.8 Å². The van der Waals surface area contributed by atoms with Crippen molar-refractivity contribution in [2.75, 3.05) is 19.6 Å². The zero-order valence-corrected chi connectivity index (χ0v) is 33.7. The van der Waals surface area contributed by atoms with Crippen molar-refractivity contribution in [3.05, 3.63) is 130 Å². The lowest BCUT2D eigenvalue weighted by molar-refractivity contribution is -0.253. The maximum Gasteiger partial charge on any atom is 0.261 e. The predicted octanol–water partition coefficient (Wildman–Crippen LogP) is 11.2. The number of fused-ring (bicyclic) bond motifs is 1. The van der Waals surface area contributed by atoms with E-state index in [2.05, 4.69) is 67.3 Å². The fourth-order valence-corrected chi connectivity index (χ4v) is 8.09. The van der Waals surface area contributed by atoms with Gasteiger partial charge in [-0.2, -0.15) is 0 Å². The molecule has 7 heteroatoms. The molecule has 4 aromatic rings. The molecule has 2 amide bonds. The number of hydrogen-bond acceptors (Lipinski definition) is 6. The van der Waals surface area contributed by atoms with Crippen molar-refractivity contribution < 1.29 is 24.2 Å². The van der Waals surface area contributed by atoms with Crippen LogP contribution in [-0.2, 0) is 22.6 Å². The van der Waals surface area contributed by atoms with Gasteiger partial charge < -0.3 is 19.5 Å². The van der Waals surface area contributed by atoms with Crippen LogP contribution in [0, 0.1) is 0 Å². The molecule has 1 fully saturated rings. The van der Waals surface area contributed by atoms with Gasteiger partial charge in [0, 0.05) is 18.5 Å². The van der Waals surface area contributed by atoms with Gasteiger partial charge in [-0.3, -0.25) is 14.5 Å². The van der Waals surface area contributed by atoms with Crippen molar-refractivity contribution in [2.45, 2.75) is 129 Å². The van der Waals surface area contributed by atoms with E-state index < -0.39 is 6.29 Å². The van der Waals surface area contributed by atoms with Gasteiger partial charge >= 0.3 is 0 Å². The Bertz CT molecular complexity index is 1770. The van der Waals surface area contributed by atoms with Crippen LogP contribution in [0.3, 0.4) is 0 Å². The molecule has 0 aliphatic carbocycles. The molecule has 7 nitrogen and oxygen atoms in total. The third-order valence-electron chi connectivity index (χ3n) is 11.4. The van der Waals surface area contributed by atoms with Crippen LogP contribution in [0.25, 0.3) is 11.1 Å². The zero-order valence-electron chi connectivity index (χ0n) is 33.7. The third-order valence-corrected chi connectivity index (χ3v) is 11.4. The van der Waals surface area contributed by atoms with Gasteiger partial charge in [-0.15, -0.1) is 0 Å². The summed E-state index contributed by atoms with van der Waals surface area (Å²) >= 11 is 0. The van der Waals surface area contributed by atoms with Gasteiger partial charge in [0.15, 0.2) is 6.29 Å². The molecular formula is C49H62N2O5. The third kappa shape index (κ3) is 11.3. The number of imide groups is 1. The molecule has 2 heterocycles. The number of carbonyl (C=O) groups excluding carboxylic acids is 2. The van der Waals surface area contributed by atoms with Crippen molar-refractivity contribution in [3.63, 3.8) is 0 Å². The molecule has 1 saturated heterocycles. The van der Waals surface area contributed by atoms with E-state index in [1.54, 1.807) is 24.3 Å². The minimum absolute atomic E-state index is 0.00922. The Balaban J connectivity index is 1.15.